The molecule has 0 saturated heterocycles. The minimum Gasteiger partial charge on any atom is -0.324 e. The normalized spacial score (nSPS) is 11.3. The van der Waals surface area contributed by atoms with Gasteiger partial charge in [-0.05, 0) is 54.8 Å². The molecular weight excluding hydrogens is 355 g/mol. The van der Waals surface area contributed by atoms with Gasteiger partial charge in [-0.3, -0.25) is 4.79 Å². The van der Waals surface area contributed by atoms with Gasteiger partial charge in [-0.1, -0.05) is 24.3 Å². The minimum atomic E-state index is -4.54. The van der Waals surface area contributed by atoms with Crippen molar-refractivity contribution in [1.82, 2.24) is 9.97 Å². The number of hydrogen-bond donors (Lipinski definition) is 1. The quantitative estimate of drug-likeness (QED) is 0.623. The van der Waals surface area contributed by atoms with Crippen LogP contribution < -0.4 is 5.32 Å². The highest BCUT2D eigenvalue weighted by atomic mass is 19.4. The summed E-state index contributed by atoms with van der Waals surface area (Å²) in [6.07, 6.45) is -3.48. The SMILES string of the molecule is CC(=O)c1cccc(-c2cc(C)cc(Nc3nccc(C(F)(F)F)n3)c2)c1. The molecule has 0 radical (unpaired) electrons. The maximum absolute atomic E-state index is 12.8. The van der Waals surface area contributed by atoms with Gasteiger partial charge in [-0.15, -0.1) is 0 Å². The molecule has 138 valence electrons. The van der Waals surface area contributed by atoms with Crippen molar-refractivity contribution in [2.75, 3.05) is 5.32 Å². The number of aryl methyl sites for hydroxylation is 1. The number of benzene rings is 2. The van der Waals surface area contributed by atoms with E-state index in [4.69, 9.17) is 0 Å². The molecule has 0 unspecified atom stereocenters. The molecule has 27 heavy (non-hydrogen) atoms. The number of alkyl halides is 3. The summed E-state index contributed by atoms with van der Waals surface area (Å²) in [6, 6.07) is 13.5. The smallest absolute Gasteiger partial charge is 0.324 e. The molecule has 0 aliphatic heterocycles. The van der Waals surface area contributed by atoms with E-state index in [0.717, 1.165) is 29.0 Å². The molecule has 3 aromatic rings. The van der Waals surface area contributed by atoms with Crippen LogP contribution in [0.1, 0.15) is 28.5 Å². The van der Waals surface area contributed by atoms with E-state index in [2.05, 4.69) is 15.3 Å². The van der Waals surface area contributed by atoms with Crippen molar-refractivity contribution in [2.24, 2.45) is 0 Å². The summed E-state index contributed by atoms with van der Waals surface area (Å²) in [7, 11) is 0. The van der Waals surface area contributed by atoms with Crippen molar-refractivity contribution in [1.29, 1.82) is 0 Å². The van der Waals surface area contributed by atoms with Gasteiger partial charge in [-0.25, -0.2) is 9.97 Å². The third kappa shape index (κ3) is 4.49. The molecule has 0 amide bonds. The second kappa shape index (κ2) is 7.19. The highest BCUT2D eigenvalue weighted by Crippen LogP contribution is 2.29. The fourth-order valence-corrected chi connectivity index (χ4v) is 2.65. The van der Waals surface area contributed by atoms with Gasteiger partial charge in [0.25, 0.3) is 0 Å². The zero-order chi connectivity index (χ0) is 19.6. The van der Waals surface area contributed by atoms with Gasteiger partial charge >= 0.3 is 6.18 Å². The number of Topliss-reactive ketones (excluding diaryl/α,β-unsaturated/α-hetero) is 1. The van der Waals surface area contributed by atoms with Crippen LogP contribution in [0.5, 0.6) is 0 Å². The van der Waals surface area contributed by atoms with Gasteiger partial charge in [0.15, 0.2) is 5.78 Å². The number of carbonyl (C=O) groups excluding carboxylic acids is 1. The Balaban J connectivity index is 1.95. The number of hydrogen-bond acceptors (Lipinski definition) is 4. The molecule has 0 bridgehead atoms. The summed E-state index contributed by atoms with van der Waals surface area (Å²) in [5, 5.41) is 2.82. The van der Waals surface area contributed by atoms with Crippen LogP contribution in [0.25, 0.3) is 11.1 Å². The Morgan fingerprint density at radius 3 is 2.52 bits per heavy atom. The first kappa shape index (κ1) is 18.6. The second-order valence-electron chi connectivity index (χ2n) is 6.11. The Morgan fingerprint density at radius 1 is 1.04 bits per heavy atom. The lowest BCUT2D eigenvalue weighted by atomic mass is 9.99. The van der Waals surface area contributed by atoms with Crippen LogP contribution in [0, 0.1) is 6.92 Å². The average Bonchev–Trinajstić information content (AvgIpc) is 2.61. The van der Waals surface area contributed by atoms with Crippen LogP contribution in [0.3, 0.4) is 0 Å². The lowest BCUT2D eigenvalue weighted by Crippen LogP contribution is -2.10. The number of ketones is 1. The average molecular weight is 371 g/mol. The fourth-order valence-electron chi connectivity index (χ4n) is 2.65. The first-order chi connectivity index (χ1) is 12.7. The van der Waals surface area contributed by atoms with Crippen molar-refractivity contribution < 1.29 is 18.0 Å². The Morgan fingerprint density at radius 2 is 1.81 bits per heavy atom. The molecular formula is C20H16F3N3O. The number of halogens is 3. The predicted octanol–water partition coefficient (Wildman–Crippen LogP) is 5.42. The number of nitrogens with one attached hydrogen (secondary N) is 1. The summed E-state index contributed by atoms with van der Waals surface area (Å²) in [5.41, 5.74) is 2.69. The van der Waals surface area contributed by atoms with E-state index in [-0.39, 0.29) is 11.7 Å². The van der Waals surface area contributed by atoms with Crippen molar-refractivity contribution in [3.63, 3.8) is 0 Å². The van der Waals surface area contributed by atoms with Gasteiger partial charge in [0.05, 0.1) is 0 Å². The molecule has 0 atom stereocenters. The molecule has 0 spiro atoms. The third-order valence-electron chi connectivity index (χ3n) is 3.88. The standard InChI is InChI=1S/C20H16F3N3O/c1-12-8-16(15-5-3-4-14(10-15)13(2)27)11-17(9-12)25-19-24-7-6-18(26-19)20(21,22)23/h3-11H,1-2H3,(H,24,25,26). The first-order valence-electron chi connectivity index (χ1n) is 8.13. The molecule has 3 rings (SSSR count). The van der Waals surface area contributed by atoms with Crippen molar-refractivity contribution in [3.05, 3.63) is 71.5 Å². The summed E-state index contributed by atoms with van der Waals surface area (Å²) in [5.74, 6) is -0.181. The Labute approximate surface area is 154 Å². The van der Waals surface area contributed by atoms with Gasteiger partial charge < -0.3 is 5.32 Å². The number of nitrogens with zero attached hydrogens (tertiary/aromatic N) is 2. The van der Waals surface area contributed by atoms with Crippen LogP contribution in [0.15, 0.2) is 54.7 Å². The topological polar surface area (TPSA) is 54.9 Å². The Hall–Kier alpha value is -3.22. The summed E-state index contributed by atoms with van der Waals surface area (Å²) in [4.78, 5) is 19.0. The minimum absolute atomic E-state index is 0.0415. The summed E-state index contributed by atoms with van der Waals surface area (Å²) in [6.45, 7) is 3.36. The van der Waals surface area contributed by atoms with Crippen LogP contribution in [0.2, 0.25) is 0 Å². The molecule has 2 aromatic carbocycles. The van der Waals surface area contributed by atoms with E-state index in [1.807, 2.05) is 19.1 Å². The Kier molecular flexibility index (Phi) is 4.94. The van der Waals surface area contributed by atoms with E-state index in [0.29, 0.717) is 11.3 Å². The maximum atomic E-state index is 12.8. The lowest BCUT2D eigenvalue weighted by molar-refractivity contribution is -0.141. The highest BCUT2D eigenvalue weighted by Gasteiger charge is 2.32. The molecule has 1 N–H and O–H groups in total. The van der Waals surface area contributed by atoms with Gasteiger partial charge in [-0.2, -0.15) is 13.2 Å². The molecule has 4 nitrogen and oxygen atoms in total. The highest BCUT2D eigenvalue weighted by molar-refractivity contribution is 5.95. The monoisotopic (exact) mass is 371 g/mol. The first-order valence-corrected chi connectivity index (χ1v) is 8.13. The van der Waals surface area contributed by atoms with Crippen molar-refractivity contribution in [3.8, 4) is 11.1 Å². The Bertz CT molecular complexity index is 1000. The molecule has 0 saturated carbocycles. The number of carbonyl (C=O) groups is 1. The molecule has 0 fully saturated rings. The zero-order valence-corrected chi connectivity index (χ0v) is 14.6. The fraction of sp³-hybridized carbons (Fsp3) is 0.150. The lowest BCUT2D eigenvalue weighted by Gasteiger charge is -2.11. The van der Waals surface area contributed by atoms with E-state index in [1.54, 1.807) is 30.3 Å². The predicted molar refractivity (Wildman–Crippen MR) is 96.9 cm³/mol. The van der Waals surface area contributed by atoms with Gasteiger partial charge in [0, 0.05) is 17.4 Å². The summed E-state index contributed by atoms with van der Waals surface area (Å²) < 4.78 is 38.4. The maximum Gasteiger partial charge on any atom is 0.433 e. The number of rotatable bonds is 4. The third-order valence-corrected chi connectivity index (χ3v) is 3.88. The van der Waals surface area contributed by atoms with Crippen molar-refractivity contribution >= 4 is 17.4 Å². The second-order valence-corrected chi connectivity index (χ2v) is 6.11. The summed E-state index contributed by atoms with van der Waals surface area (Å²) >= 11 is 0. The number of anilines is 2. The van der Waals surface area contributed by atoms with Crippen LogP contribution in [-0.4, -0.2) is 15.8 Å². The van der Waals surface area contributed by atoms with Crippen LogP contribution >= 0.6 is 0 Å². The van der Waals surface area contributed by atoms with E-state index < -0.39 is 11.9 Å². The molecule has 0 aliphatic carbocycles. The molecule has 0 aliphatic rings. The molecule has 1 heterocycles. The largest absolute Gasteiger partial charge is 0.433 e. The molecule has 1 aromatic heterocycles. The van der Waals surface area contributed by atoms with Gasteiger partial charge in [0.1, 0.15) is 5.69 Å². The van der Waals surface area contributed by atoms with E-state index >= 15 is 0 Å². The van der Waals surface area contributed by atoms with Crippen molar-refractivity contribution in [2.45, 2.75) is 20.0 Å². The van der Waals surface area contributed by atoms with E-state index in [1.165, 1.54) is 6.92 Å². The molecule has 7 heteroatoms. The number of aromatic nitrogens is 2. The van der Waals surface area contributed by atoms with Crippen LogP contribution in [0.4, 0.5) is 24.8 Å². The van der Waals surface area contributed by atoms with E-state index in [9.17, 15) is 18.0 Å². The van der Waals surface area contributed by atoms with Crippen LogP contribution in [-0.2, 0) is 6.18 Å². The van der Waals surface area contributed by atoms with Gasteiger partial charge in [0.2, 0.25) is 5.95 Å². The zero-order valence-electron chi connectivity index (χ0n) is 14.6.